The molecule has 0 aliphatic rings. The summed E-state index contributed by atoms with van der Waals surface area (Å²) >= 11 is 0. The van der Waals surface area contributed by atoms with Gasteiger partial charge in [-0.2, -0.15) is 0 Å². The number of benzene rings is 2. The molecule has 0 saturated heterocycles. The molecule has 2 aromatic carbocycles. The lowest BCUT2D eigenvalue weighted by Crippen LogP contribution is -2.12. The van der Waals surface area contributed by atoms with Gasteiger partial charge < -0.3 is 9.64 Å². The van der Waals surface area contributed by atoms with E-state index in [4.69, 9.17) is 4.74 Å². The first kappa shape index (κ1) is 18.9. The molecule has 124 valence electrons. The fourth-order valence-electron chi connectivity index (χ4n) is 2.30. The van der Waals surface area contributed by atoms with Crippen molar-refractivity contribution in [2.45, 2.75) is 27.3 Å². The van der Waals surface area contributed by atoms with Gasteiger partial charge in [-0.1, -0.05) is 43.7 Å². The number of hydrogen-bond acceptors (Lipinski definition) is 3. The van der Waals surface area contributed by atoms with E-state index in [2.05, 4.69) is 42.2 Å². The Labute approximate surface area is 139 Å². The molecular weight excluding hydrogens is 286 g/mol. The Bertz CT molecular complexity index is 631. The Morgan fingerprint density at radius 3 is 2.13 bits per heavy atom. The number of ether oxygens (including phenoxy) is 1. The zero-order chi connectivity index (χ0) is 17.4. The molecule has 0 aromatic heterocycles. The van der Waals surface area contributed by atoms with Crippen molar-refractivity contribution in [3.8, 4) is 11.1 Å². The molecule has 3 heteroatoms. The second-order valence-electron chi connectivity index (χ2n) is 5.51. The Hall–Kier alpha value is -2.13. The minimum absolute atomic E-state index is 0.302. The first-order valence-electron chi connectivity index (χ1n) is 7.93. The summed E-state index contributed by atoms with van der Waals surface area (Å²) in [4.78, 5) is 13.9. The highest BCUT2D eigenvalue weighted by atomic mass is 16.5. The summed E-state index contributed by atoms with van der Waals surface area (Å²) in [5.74, 6) is -0.302. The molecule has 0 spiro atoms. The van der Waals surface area contributed by atoms with Crippen LogP contribution in [-0.2, 0) is 11.3 Å². The molecule has 0 saturated carbocycles. The third kappa shape index (κ3) is 5.53. The van der Waals surface area contributed by atoms with Gasteiger partial charge in [-0.15, -0.1) is 0 Å². The molecule has 0 heterocycles. The van der Waals surface area contributed by atoms with Crippen molar-refractivity contribution in [1.29, 1.82) is 0 Å². The van der Waals surface area contributed by atoms with Crippen molar-refractivity contribution in [3.05, 3.63) is 59.2 Å². The number of rotatable bonds is 4. The highest BCUT2D eigenvalue weighted by Crippen LogP contribution is 2.24. The fraction of sp³-hybridized carbons (Fsp3) is 0.350. The molecule has 0 unspecified atom stereocenters. The monoisotopic (exact) mass is 313 g/mol. The van der Waals surface area contributed by atoms with Gasteiger partial charge >= 0.3 is 5.97 Å². The molecule has 2 rings (SSSR count). The Balaban J connectivity index is 0.00000127. The fourth-order valence-corrected chi connectivity index (χ4v) is 2.30. The topological polar surface area (TPSA) is 29.5 Å². The number of hydrogen-bond donors (Lipinski definition) is 0. The lowest BCUT2D eigenvalue weighted by Gasteiger charge is -2.13. The molecule has 0 bridgehead atoms. The molecule has 0 radical (unpaired) electrons. The summed E-state index contributed by atoms with van der Waals surface area (Å²) in [6.07, 6.45) is 0. The van der Waals surface area contributed by atoms with E-state index < -0.39 is 0 Å². The summed E-state index contributed by atoms with van der Waals surface area (Å²) in [5.41, 5.74) is 5.04. The second-order valence-corrected chi connectivity index (χ2v) is 5.51. The summed E-state index contributed by atoms with van der Waals surface area (Å²) in [5, 5.41) is 0. The lowest BCUT2D eigenvalue weighted by molar-refractivity contribution is 0.0600. The zero-order valence-corrected chi connectivity index (χ0v) is 15.0. The van der Waals surface area contributed by atoms with Gasteiger partial charge in [0.25, 0.3) is 0 Å². The zero-order valence-electron chi connectivity index (χ0n) is 15.0. The SMILES string of the molecule is CC.COC(=O)c1cc(CN(C)C)cc(-c2ccc(C)cc2)c1. The quantitative estimate of drug-likeness (QED) is 0.776. The molecular formula is C20H27NO2. The summed E-state index contributed by atoms with van der Waals surface area (Å²) in [6.45, 7) is 6.84. The summed E-state index contributed by atoms with van der Waals surface area (Å²) in [6, 6.07) is 14.2. The number of carbonyl (C=O) groups is 1. The van der Waals surface area contributed by atoms with Crippen molar-refractivity contribution < 1.29 is 9.53 Å². The molecule has 0 amide bonds. The lowest BCUT2D eigenvalue weighted by atomic mass is 9.99. The first-order valence-corrected chi connectivity index (χ1v) is 7.93. The van der Waals surface area contributed by atoms with E-state index >= 15 is 0 Å². The molecule has 3 nitrogen and oxygen atoms in total. The van der Waals surface area contributed by atoms with Crippen molar-refractivity contribution in [2.75, 3.05) is 21.2 Å². The third-order valence-electron chi connectivity index (χ3n) is 3.30. The normalized spacial score (nSPS) is 10.0. The van der Waals surface area contributed by atoms with Crippen LogP contribution in [0.15, 0.2) is 42.5 Å². The molecule has 0 aliphatic carbocycles. The van der Waals surface area contributed by atoms with Crippen LogP contribution in [0, 0.1) is 6.92 Å². The van der Waals surface area contributed by atoms with Crippen LogP contribution in [0.5, 0.6) is 0 Å². The number of nitrogens with zero attached hydrogens (tertiary/aromatic N) is 1. The Kier molecular flexibility index (Phi) is 7.49. The Morgan fingerprint density at radius 1 is 1.00 bits per heavy atom. The highest BCUT2D eigenvalue weighted by Gasteiger charge is 2.10. The van der Waals surface area contributed by atoms with E-state index in [0.717, 1.165) is 23.2 Å². The molecule has 0 fully saturated rings. The van der Waals surface area contributed by atoms with Crippen LogP contribution in [0.3, 0.4) is 0 Å². The largest absolute Gasteiger partial charge is 0.465 e. The number of carbonyl (C=O) groups excluding carboxylic acids is 1. The maximum atomic E-state index is 11.9. The van der Waals surface area contributed by atoms with E-state index in [1.54, 1.807) is 0 Å². The Morgan fingerprint density at radius 2 is 1.61 bits per heavy atom. The van der Waals surface area contributed by atoms with Crippen LogP contribution in [0.25, 0.3) is 11.1 Å². The molecule has 2 aromatic rings. The standard InChI is InChI=1S/C18H21NO2.C2H6/c1-13-5-7-15(8-6-13)16-9-14(12-19(2)3)10-17(11-16)18(20)21-4;1-2/h5-11H,12H2,1-4H3;1-2H3. The van der Waals surface area contributed by atoms with Crippen molar-refractivity contribution in [2.24, 2.45) is 0 Å². The van der Waals surface area contributed by atoms with Crippen LogP contribution >= 0.6 is 0 Å². The van der Waals surface area contributed by atoms with Gasteiger partial charge in [0.15, 0.2) is 0 Å². The maximum absolute atomic E-state index is 11.9. The van der Waals surface area contributed by atoms with Crippen LogP contribution < -0.4 is 0 Å². The van der Waals surface area contributed by atoms with Crippen molar-refractivity contribution in [1.82, 2.24) is 4.90 Å². The van der Waals surface area contributed by atoms with Gasteiger partial charge in [0, 0.05) is 6.54 Å². The van der Waals surface area contributed by atoms with Gasteiger partial charge in [-0.25, -0.2) is 4.79 Å². The van der Waals surface area contributed by atoms with Crippen LogP contribution in [-0.4, -0.2) is 32.1 Å². The average Bonchev–Trinajstić information content (AvgIpc) is 2.55. The number of methoxy groups -OCH3 is 1. The number of esters is 1. The third-order valence-corrected chi connectivity index (χ3v) is 3.30. The average molecular weight is 313 g/mol. The minimum atomic E-state index is -0.302. The second kappa shape index (κ2) is 9.11. The van der Waals surface area contributed by atoms with Gasteiger partial charge in [-0.3, -0.25) is 0 Å². The first-order chi connectivity index (χ1) is 11.0. The van der Waals surface area contributed by atoms with E-state index in [-0.39, 0.29) is 5.97 Å². The predicted octanol–water partition coefficient (Wildman–Crippen LogP) is 4.54. The van der Waals surface area contributed by atoms with E-state index in [0.29, 0.717) is 5.56 Å². The van der Waals surface area contributed by atoms with E-state index in [9.17, 15) is 4.79 Å². The van der Waals surface area contributed by atoms with Gasteiger partial charge in [-0.05, 0) is 55.9 Å². The smallest absolute Gasteiger partial charge is 0.337 e. The van der Waals surface area contributed by atoms with Gasteiger partial charge in [0.05, 0.1) is 12.7 Å². The molecule has 0 aliphatic heterocycles. The van der Waals surface area contributed by atoms with Crippen molar-refractivity contribution >= 4 is 5.97 Å². The summed E-state index contributed by atoms with van der Waals surface area (Å²) in [7, 11) is 5.43. The summed E-state index contributed by atoms with van der Waals surface area (Å²) < 4.78 is 4.85. The predicted molar refractivity (Wildman–Crippen MR) is 96.7 cm³/mol. The minimum Gasteiger partial charge on any atom is -0.465 e. The highest BCUT2D eigenvalue weighted by molar-refractivity contribution is 5.91. The molecule has 0 atom stereocenters. The number of aryl methyl sites for hydroxylation is 1. The molecule has 0 N–H and O–H groups in total. The van der Waals surface area contributed by atoms with Gasteiger partial charge in [0.1, 0.15) is 0 Å². The maximum Gasteiger partial charge on any atom is 0.337 e. The van der Waals surface area contributed by atoms with Crippen molar-refractivity contribution in [3.63, 3.8) is 0 Å². The van der Waals surface area contributed by atoms with E-state index in [1.807, 2.05) is 40.1 Å². The van der Waals surface area contributed by atoms with Crippen LogP contribution in [0.1, 0.15) is 35.3 Å². The van der Waals surface area contributed by atoms with Crippen LogP contribution in [0.2, 0.25) is 0 Å². The van der Waals surface area contributed by atoms with E-state index in [1.165, 1.54) is 12.7 Å². The molecule has 23 heavy (non-hydrogen) atoms. The van der Waals surface area contributed by atoms with Gasteiger partial charge in [0.2, 0.25) is 0 Å². The van der Waals surface area contributed by atoms with Crippen LogP contribution in [0.4, 0.5) is 0 Å².